The molecule has 0 aliphatic carbocycles. The van der Waals surface area contributed by atoms with E-state index >= 15 is 0 Å². The van der Waals surface area contributed by atoms with E-state index in [1.54, 1.807) is 0 Å². The maximum absolute atomic E-state index is 8.42. The van der Waals surface area contributed by atoms with E-state index in [1.165, 1.54) is 0 Å². The van der Waals surface area contributed by atoms with Crippen molar-refractivity contribution in [1.29, 1.82) is 10.5 Å². The van der Waals surface area contributed by atoms with Crippen LogP contribution in [0.25, 0.3) is 0 Å². The van der Waals surface area contributed by atoms with Crippen molar-refractivity contribution in [3.05, 3.63) is 0 Å². The first-order valence-electron chi connectivity index (χ1n) is 3.95. The summed E-state index contributed by atoms with van der Waals surface area (Å²) in [7, 11) is 0. The molecule has 0 bridgehead atoms. The van der Waals surface area contributed by atoms with E-state index in [0.717, 1.165) is 0 Å². The van der Waals surface area contributed by atoms with E-state index in [0.29, 0.717) is 13.1 Å². The third-order valence-electron chi connectivity index (χ3n) is 1.38. The molecule has 0 saturated carbocycles. The van der Waals surface area contributed by atoms with Crippen LogP contribution in [0, 0.1) is 34.5 Å². The number of nitrogens with one attached hydrogen (secondary N) is 2. The summed E-state index contributed by atoms with van der Waals surface area (Å²) in [5, 5.41) is 16.8. The standard InChI is InChI=1S/C8H14N4/c1-7(3-9)5-11-12-6-8(2)4-10/h7-8,11-12H,5-6H2,1-2H3. The molecule has 4 heteroatoms. The fourth-order valence-corrected chi connectivity index (χ4v) is 0.542. The van der Waals surface area contributed by atoms with Gasteiger partial charge in [-0.2, -0.15) is 10.5 Å². The quantitative estimate of drug-likeness (QED) is 0.458. The molecular formula is C8H14N4. The van der Waals surface area contributed by atoms with Gasteiger partial charge in [-0.05, 0) is 13.8 Å². The van der Waals surface area contributed by atoms with Crippen LogP contribution in [-0.4, -0.2) is 13.1 Å². The summed E-state index contributed by atoms with van der Waals surface area (Å²) in [6.07, 6.45) is 0. The van der Waals surface area contributed by atoms with Crippen LogP contribution < -0.4 is 10.9 Å². The van der Waals surface area contributed by atoms with Crippen molar-refractivity contribution in [2.45, 2.75) is 13.8 Å². The molecule has 0 aliphatic heterocycles. The highest BCUT2D eigenvalue weighted by molar-refractivity contribution is 4.81. The van der Waals surface area contributed by atoms with Gasteiger partial charge < -0.3 is 0 Å². The lowest BCUT2D eigenvalue weighted by Crippen LogP contribution is -2.37. The minimum atomic E-state index is -0.00473. The van der Waals surface area contributed by atoms with Crippen LogP contribution in [-0.2, 0) is 0 Å². The lowest BCUT2D eigenvalue weighted by Gasteiger charge is -2.08. The Hall–Kier alpha value is -1.10. The highest BCUT2D eigenvalue weighted by Crippen LogP contribution is 1.88. The topological polar surface area (TPSA) is 71.6 Å². The zero-order valence-corrected chi connectivity index (χ0v) is 7.46. The van der Waals surface area contributed by atoms with Crippen molar-refractivity contribution < 1.29 is 0 Å². The molecule has 0 fully saturated rings. The van der Waals surface area contributed by atoms with Crippen LogP contribution in [0.5, 0.6) is 0 Å². The second-order valence-corrected chi connectivity index (χ2v) is 2.82. The average Bonchev–Trinajstić information content (AvgIpc) is 2.11. The van der Waals surface area contributed by atoms with Crippen molar-refractivity contribution in [1.82, 2.24) is 10.9 Å². The van der Waals surface area contributed by atoms with Gasteiger partial charge in [0.1, 0.15) is 0 Å². The third-order valence-corrected chi connectivity index (χ3v) is 1.38. The third kappa shape index (κ3) is 5.67. The Labute approximate surface area is 73.1 Å². The Kier molecular flexibility index (Phi) is 6.00. The summed E-state index contributed by atoms with van der Waals surface area (Å²) in [6, 6.07) is 4.20. The maximum atomic E-state index is 8.42. The molecule has 66 valence electrons. The molecule has 2 unspecified atom stereocenters. The predicted octanol–water partition coefficient (Wildman–Crippen LogP) is 0.400. The van der Waals surface area contributed by atoms with Gasteiger partial charge in [0.05, 0.1) is 24.0 Å². The number of hydrogen-bond acceptors (Lipinski definition) is 4. The monoisotopic (exact) mass is 166 g/mol. The molecule has 0 heterocycles. The Bertz CT molecular complexity index is 166. The van der Waals surface area contributed by atoms with Gasteiger partial charge in [-0.15, -0.1) is 0 Å². The molecule has 2 N–H and O–H groups in total. The minimum Gasteiger partial charge on any atom is -0.257 e. The van der Waals surface area contributed by atoms with Crippen molar-refractivity contribution in [3.8, 4) is 12.1 Å². The van der Waals surface area contributed by atoms with Crippen LogP contribution in [0.4, 0.5) is 0 Å². The zero-order chi connectivity index (χ0) is 9.40. The van der Waals surface area contributed by atoms with Gasteiger partial charge in [0, 0.05) is 13.1 Å². The molecule has 0 aromatic heterocycles. The van der Waals surface area contributed by atoms with Crippen molar-refractivity contribution in [3.63, 3.8) is 0 Å². The second kappa shape index (κ2) is 6.60. The smallest absolute Gasteiger partial charge is 0.0666 e. The first-order valence-corrected chi connectivity index (χ1v) is 3.95. The first-order chi connectivity index (χ1) is 5.70. The lowest BCUT2D eigenvalue weighted by atomic mass is 10.2. The number of hydrazine groups is 1. The van der Waals surface area contributed by atoms with E-state index in [4.69, 9.17) is 10.5 Å². The molecule has 12 heavy (non-hydrogen) atoms. The fourth-order valence-electron chi connectivity index (χ4n) is 0.542. The van der Waals surface area contributed by atoms with Crippen molar-refractivity contribution in [2.75, 3.05) is 13.1 Å². The van der Waals surface area contributed by atoms with Gasteiger partial charge in [-0.3, -0.25) is 10.9 Å². The normalized spacial score (nSPS) is 14.3. The number of nitrogens with zero attached hydrogens (tertiary/aromatic N) is 2. The van der Waals surface area contributed by atoms with E-state index in [1.807, 2.05) is 13.8 Å². The zero-order valence-electron chi connectivity index (χ0n) is 7.46. The summed E-state index contributed by atoms with van der Waals surface area (Å²) in [6.45, 7) is 4.88. The molecule has 0 amide bonds. The van der Waals surface area contributed by atoms with E-state index in [9.17, 15) is 0 Å². The first kappa shape index (κ1) is 10.9. The second-order valence-electron chi connectivity index (χ2n) is 2.82. The van der Waals surface area contributed by atoms with Gasteiger partial charge in [-0.1, -0.05) is 0 Å². The molecular weight excluding hydrogens is 152 g/mol. The molecule has 2 atom stereocenters. The number of rotatable bonds is 5. The molecule has 0 rings (SSSR count). The predicted molar refractivity (Wildman–Crippen MR) is 45.6 cm³/mol. The highest BCUT2D eigenvalue weighted by Gasteiger charge is 1.99. The number of nitriles is 2. The fraction of sp³-hybridized carbons (Fsp3) is 0.750. The summed E-state index contributed by atoms with van der Waals surface area (Å²) < 4.78 is 0. The summed E-state index contributed by atoms with van der Waals surface area (Å²) in [5.41, 5.74) is 5.76. The van der Waals surface area contributed by atoms with Gasteiger partial charge >= 0.3 is 0 Å². The Morgan fingerprint density at radius 1 is 1.00 bits per heavy atom. The molecule has 4 nitrogen and oxygen atoms in total. The van der Waals surface area contributed by atoms with E-state index < -0.39 is 0 Å². The van der Waals surface area contributed by atoms with Crippen LogP contribution >= 0.6 is 0 Å². The molecule has 0 aliphatic rings. The molecule has 0 aromatic carbocycles. The summed E-state index contributed by atoms with van der Waals surface area (Å²) in [4.78, 5) is 0. The van der Waals surface area contributed by atoms with Gasteiger partial charge in [-0.25, -0.2) is 0 Å². The SMILES string of the molecule is CC(C#N)CNNCC(C)C#N. The van der Waals surface area contributed by atoms with Gasteiger partial charge in [0.2, 0.25) is 0 Å². The van der Waals surface area contributed by atoms with Crippen LogP contribution in [0.3, 0.4) is 0 Å². The highest BCUT2D eigenvalue weighted by atomic mass is 15.3. The Balaban J connectivity index is 3.24. The minimum absolute atomic E-state index is 0.00473. The maximum Gasteiger partial charge on any atom is 0.0666 e. The van der Waals surface area contributed by atoms with Gasteiger partial charge in [0.15, 0.2) is 0 Å². The van der Waals surface area contributed by atoms with E-state index in [-0.39, 0.29) is 11.8 Å². The van der Waals surface area contributed by atoms with Crippen LogP contribution in [0.15, 0.2) is 0 Å². The Morgan fingerprint density at radius 3 is 1.58 bits per heavy atom. The molecule has 0 radical (unpaired) electrons. The summed E-state index contributed by atoms with van der Waals surface area (Å²) >= 11 is 0. The van der Waals surface area contributed by atoms with E-state index in [2.05, 4.69) is 23.0 Å². The van der Waals surface area contributed by atoms with Crippen molar-refractivity contribution in [2.24, 2.45) is 11.8 Å². The largest absolute Gasteiger partial charge is 0.257 e. The molecule has 0 aromatic rings. The molecule has 0 saturated heterocycles. The Morgan fingerprint density at radius 2 is 1.33 bits per heavy atom. The average molecular weight is 166 g/mol. The lowest BCUT2D eigenvalue weighted by molar-refractivity contribution is 0.469. The van der Waals surface area contributed by atoms with Gasteiger partial charge in [0.25, 0.3) is 0 Å². The van der Waals surface area contributed by atoms with Crippen LogP contribution in [0.2, 0.25) is 0 Å². The summed E-state index contributed by atoms with van der Waals surface area (Å²) in [5.74, 6) is -0.00946. The van der Waals surface area contributed by atoms with Crippen molar-refractivity contribution >= 4 is 0 Å². The number of hydrogen-bond donors (Lipinski definition) is 2. The molecule has 0 spiro atoms. The van der Waals surface area contributed by atoms with Crippen LogP contribution in [0.1, 0.15) is 13.8 Å².